The Morgan fingerprint density at radius 2 is 1.96 bits per heavy atom. The van der Waals surface area contributed by atoms with Crippen LogP contribution >= 0.6 is 0 Å². The number of aryl methyl sites for hydroxylation is 1. The Balaban J connectivity index is 1.68. The smallest absolute Gasteiger partial charge is 0.309 e. The van der Waals surface area contributed by atoms with Gasteiger partial charge >= 0.3 is 5.97 Å². The van der Waals surface area contributed by atoms with Gasteiger partial charge in [-0.15, -0.1) is 0 Å². The highest BCUT2D eigenvalue weighted by molar-refractivity contribution is 5.76. The average molecular weight is 336 g/mol. The van der Waals surface area contributed by atoms with Crippen LogP contribution in [0.1, 0.15) is 47.3 Å². The van der Waals surface area contributed by atoms with Crippen LogP contribution in [-0.4, -0.2) is 5.97 Å². The van der Waals surface area contributed by atoms with Gasteiger partial charge in [0.05, 0.1) is 5.92 Å². The summed E-state index contributed by atoms with van der Waals surface area (Å²) in [6, 6.07) is 12.3. The van der Waals surface area contributed by atoms with E-state index in [-0.39, 0.29) is 18.0 Å². The van der Waals surface area contributed by atoms with Crippen LogP contribution in [0.2, 0.25) is 0 Å². The molecule has 1 heterocycles. The second-order valence-corrected chi connectivity index (χ2v) is 7.33. The van der Waals surface area contributed by atoms with Crippen LogP contribution in [0.5, 0.6) is 5.75 Å². The van der Waals surface area contributed by atoms with Crippen molar-refractivity contribution in [3.63, 3.8) is 0 Å². The first-order chi connectivity index (χ1) is 12.1. The molecule has 0 saturated carbocycles. The zero-order chi connectivity index (χ0) is 17.6. The fourth-order valence-electron chi connectivity index (χ4n) is 4.31. The highest BCUT2D eigenvalue weighted by Gasteiger charge is 2.46. The Bertz CT molecular complexity index is 810. The summed E-state index contributed by atoms with van der Waals surface area (Å²) >= 11 is 0. The van der Waals surface area contributed by atoms with Crippen molar-refractivity contribution >= 4 is 5.97 Å². The maximum Gasteiger partial charge on any atom is 0.309 e. The summed E-state index contributed by atoms with van der Waals surface area (Å²) in [6.45, 7) is 6.77. The standard InChI is InChI=1S/C22H24O3/c1-13-11-19(24-12-16-7-5-4-6-8-16)15(3)20-17(13)9-10-18-14(2)22(23)25-21(18)20/h4-8,11,14,18,21H,9-10,12H2,1-3H3/t14-,18-,21+/m0/s1. The van der Waals surface area contributed by atoms with Crippen LogP contribution in [0.4, 0.5) is 0 Å². The molecule has 3 nitrogen and oxygen atoms in total. The van der Waals surface area contributed by atoms with Gasteiger partial charge in [0, 0.05) is 11.5 Å². The molecule has 130 valence electrons. The van der Waals surface area contributed by atoms with Crippen molar-refractivity contribution in [1.29, 1.82) is 0 Å². The fraction of sp³-hybridized carbons (Fsp3) is 0.409. The lowest BCUT2D eigenvalue weighted by Gasteiger charge is -2.31. The van der Waals surface area contributed by atoms with Crippen molar-refractivity contribution < 1.29 is 14.3 Å². The topological polar surface area (TPSA) is 35.5 Å². The summed E-state index contributed by atoms with van der Waals surface area (Å²) in [7, 11) is 0. The van der Waals surface area contributed by atoms with Gasteiger partial charge in [-0.2, -0.15) is 0 Å². The fourth-order valence-corrected chi connectivity index (χ4v) is 4.31. The van der Waals surface area contributed by atoms with Crippen molar-refractivity contribution in [3.05, 3.63) is 64.2 Å². The second-order valence-electron chi connectivity index (χ2n) is 7.33. The molecule has 2 aromatic carbocycles. The zero-order valence-corrected chi connectivity index (χ0v) is 15.0. The van der Waals surface area contributed by atoms with E-state index in [4.69, 9.17) is 9.47 Å². The van der Waals surface area contributed by atoms with Gasteiger partial charge < -0.3 is 9.47 Å². The minimum absolute atomic E-state index is 0.00764. The maximum atomic E-state index is 12.1. The van der Waals surface area contributed by atoms with E-state index in [1.54, 1.807) is 0 Å². The van der Waals surface area contributed by atoms with Crippen molar-refractivity contribution in [2.75, 3.05) is 0 Å². The first-order valence-corrected chi connectivity index (χ1v) is 9.06. The number of rotatable bonds is 3. The molecule has 0 spiro atoms. The number of esters is 1. The van der Waals surface area contributed by atoms with Crippen LogP contribution in [-0.2, 0) is 22.6 Å². The minimum atomic E-state index is -0.106. The van der Waals surface area contributed by atoms with Gasteiger partial charge in [0.1, 0.15) is 18.5 Å². The first-order valence-electron chi connectivity index (χ1n) is 9.06. The molecule has 0 amide bonds. The van der Waals surface area contributed by atoms with E-state index in [9.17, 15) is 4.79 Å². The number of benzene rings is 2. The molecule has 4 rings (SSSR count). The number of hydrogen-bond donors (Lipinski definition) is 0. The van der Waals surface area contributed by atoms with E-state index in [2.05, 4.69) is 32.0 Å². The number of fused-ring (bicyclic) bond motifs is 3. The van der Waals surface area contributed by atoms with Gasteiger partial charge in [0.25, 0.3) is 0 Å². The van der Waals surface area contributed by atoms with Crippen LogP contribution < -0.4 is 4.74 Å². The van der Waals surface area contributed by atoms with Crippen LogP contribution in [0.25, 0.3) is 0 Å². The molecule has 3 atom stereocenters. The predicted molar refractivity (Wildman–Crippen MR) is 96.5 cm³/mol. The lowest BCUT2D eigenvalue weighted by molar-refractivity contribution is -0.144. The average Bonchev–Trinajstić information content (AvgIpc) is 2.92. The number of carbonyl (C=O) groups excluding carboxylic acids is 1. The molecule has 3 heteroatoms. The maximum absolute atomic E-state index is 12.1. The third-order valence-electron chi connectivity index (χ3n) is 5.82. The molecule has 1 aliphatic heterocycles. The van der Waals surface area contributed by atoms with E-state index in [0.717, 1.165) is 29.7 Å². The monoisotopic (exact) mass is 336 g/mol. The van der Waals surface area contributed by atoms with Crippen LogP contribution in [0.3, 0.4) is 0 Å². The van der Waals surface area contributed by atoms with Crippen molar-refractivity contribution in [2.45, 2.75) is 46.3 Å². The van der Waals surface area contributed by atoms with Crippen molar-refractivity contribution in [3.8, 4) is 5.75 Å². The van der Waals surface area contributed by atoms with Gasteiger partial charge in [-0.05, 0) is 55.0 Å². The van der Waals surface area contributed by atoms with Gasteiger partial charge in [0.2, 0.25) is 0 Å². The van der Waals surface area contributed by atoms with Crippen molar-refractivity contribution in [1.82, 2.24) is 0 Å². The molecule has 2 aromatic rings. The Morgan fingerprint density at radius 1 is 1.20 bits per heavy atom. The normalized spacial score (nSPS) is 24.4. The van der Waals surface area contributed by atoms with Gasteiger partial charge in [-0.3, -0.25) is 4.79 Å². The van der Waals surface area contributed by atoms with Gasteiger partial charge in [0.15, 0.2) is 0 Å². The van der Waals surface area contributed by atoms with E-state index in [1.807, 2.05) is 25.1 Å². The summed E-state index contributed by atoms with van der Waals surface area (Å²) in [5.74, 6) is 1.13. The summed E-state index contributed by atoms with van der Waals surface area (Å²) in [4.78, 5) is 12.1. The summed E-state index contributed by atoms with van der Waals surface area (Å²) in [5.41, 5.74) is 6.03. The highest BCUT2D eigenvalue weighted by atomic mass is 16.6. The molecule has 0 aromatic heterocycles. The molecule has 0 unspecified atom stereocenters. The lowest BCUT2D eigenvalue weighted by Crippen LogP contribution is -2.22. The third-order valence-corrected chi connectivity index (χ3v) is 5.82. The molecule has 0 radical (unpaired) electrons. The van der Waals surface area contributed by atoms with Gasteiger partial charge in [-0.25, -0.2) is 0 Å². The number of carbonyl (C=O) groups is 1. The van der Waals surface area contributed by atoms with E-state index in [1.165, 1.54) is 16.7 Å². The Morgan fingerprint density at radius 3 is 2.72 bits per heavy atom. The SMILES string of the molecule is Cc1cc(OCc2ccccc2)c(C)c2c1CC[C@H]1[C@H](C)C(=O)O[C@@H]21. The van der Waals surface area contributed by atoms with E-state index < -0.39 is 0 Å². The zero-order valence-electron chi connectivity index (χ0n) is 15.0. The third kappa shape index (κ3) is 2.72. The summed E-state index contributed by atoms with van der Waals surface area (Å²) in [5, 5.41) is 0. The quantitative estimate of drug-likeness (QED) is 0.764. The van der Waals surface area contributed by atoms with Gasteiger partial charge in [-0.1, -0.05) is 37.3 Å². The minimum Gasteiger partial charge on any atom is -0.489 e. The highest BCUT2D eigenvalue weighted by Crippen LogP contribution is 2.49. The second kappa shape index (κ2) is 6.21. The lowest BCUT2D eigenvalue weighted by atomic mass is 9.74. The Kier molecular flexibility index (Phi) is 4.03. The molecule has 0 bridgehead atoms. The molecule has 1 saturated heterocycles. The Labute approximate surface area is 149 Å². The van der Waals surface area contributed by atoms with Crippen molar-refractivity contribution in [2.24, 2.45) is 11.8 Å². The predicted octanol–water partition coefficient (Wildman–Crippen LogP) is 4.68. The summed E-state index contributed by atoms with van der Waals surface area (Å²) in [6.07, 6.45) is 1.93. The van der Waals surface area contributed by atoms with E-state index >= 15 is 0 Å². The molecule has 0 N–H and O–H groups in total. The van der Waals surface area contributed by atoms with Crippen LogP contribution in [0.15, 0.2) is 36.4 Å². The molecule has 1 fully saturated rings. The largest absolute Gasteiger partial charge is 0.489 e. The molecule has 1 aliphatic carbocycles. The van der Waals surface area contributed by atoms with Crippen LogP contribution in [0, 0.1) is 25.7 Å². The summed E-state index contributed by atoms with van der Waals surface area (Å²) < 4.78 is 11.9. The molecular formula is C22H24O3. The molecule has 2 aliphatic rings. The molecular weight excluding hydrogens is 312 g/mol. The number of hydrogen-bond acceptors (Lipinski definition) is 3. The van der Waals surface area contributed by atoms with E-state index in [0.29, 0.717) is 12.5 Å². The molecule has 25 heavy (non-hydrogen) atoms. The Hall–Kier alpha value is -2.29. The first kappa shape index (κ1) is 16.2. The number of ether oxygens (including phenoxy) is 2.